The second-order valence-electron chi connectivity index (χ2n) is 6.02. The van der Waals surface area contributed by atoms with Crippen LogP contribution in [-0.2, 0) is 24.4 Å². The minimum absolute atomic E-state index is 0.313. The first-order valence-electron chi connectivity index (χ1n) is 7.07. The number of nitrogens with zero attached hydrogens (tertiary/aromatic N) is 1. The Kier molecular flexibility index (Phi) is 11.2. The lowest BCUT2D eigenvalue weighted by atomic mass is 10.1. The molecule has 0 aliphatic rings. The molecule has 0 aliphatic carbocycles. The van der Waals surface area contributed by atoms with Gasteiger partial charge in [0.15, 0.2) is 0 Å². The maximum Gasteiger partial charge on any atom is 0.333 e. The van der Waals surface area contributed by atoms with Crippen LogP contribution in [0.3, 0.4) is 0 Å². The van der Waals surface area contributed by atoms with Crippen molar-refractivity contribution < 1.29 is 27.3 Å². The Bertz CT molecular complexity index is 552. The van der Waals surface area contributed by atoms with Crippen LogP contribution in [0.1, 0.15) is 20.8 Å². The van der Waals surface area contributed by atoms with Crippen molar-refractivity contribution in [3.63, 3.8) is 0 Å². The standard InChI is InChI=1S/C8H15NO2.C7H13NO4S/c1-7(2)8(10)11-6-5-9(3)4;1-4-6(9)8-7(2,3)5-13(10,11)12/h1,5-6H2,2-4H3;4H,1,5H2,2-3H3,(H,8,9)(H,10,11,12). The zero-order valence-electron chi connectivity index (χ0n) is 15.0. The number of nitrogens with one attached hydrogen (secondary N) is 1. The largest absolute Gasteiger partial charge is 0.461 e. The molecule has 8 nitrogen and oxygen atoms in total. The second-order valence-corrected chi connectivity index (χ2v) is 7.48. The molecule has 9 heteroatoms. The Morgan fingerprint density at radius 2 is 1.83 bits per heavy atom. The maximum atomic E-state index is 10.8. The van der Waals surface area contributed by atoms with Gasteiger partial charge in [0.2, 0.25) is 5.91 Å². The van der Waals surface area contributed by atoms with Gasteiger partial charge in [-0.15, -0.1) is 0 Å². The third kappa shape index (κ3) is 16.7. The van der Waals surface area contributed by atoms with E-state index in [0.717, 1.165) is 12.6 Å². The molecule has 2 N–H and O–H groups in total. The molecule has 0 atom stereocenters. The van der Waals surface area contributed by atoms with E-state index in [-0.39, 0.29) is 5.97 Å². The second kappa shape index (κ2) is 11.0. The number of carbonyl (C=O) groups is 2. The van der Waals surface area contributed by atoms with Crippen LogP contribution >= 0.6 is 0 Å². The van der Waals surface area contributed by atoms with E-state index in [0.29, 0.717) is 12.2 Å². The highest BCUT2D eigenvalue weighted by Gasteiger charge is 2.25. The van der Waals surface area contributed by atoms with Gasteiger partial charge in [-0.2, -0.15) is 8.42 Å². The number of hydrogen-bond acceptors (Lipinski definition) is 6. The zero-order chi connectivity index (χ0) is 19.6. The summed E-state index contributed by atoms with van der Waals surface area (Å²) in [5.41, 5.74) is -0.553. The topological polar surface area (TPSA) is 113 Å². The Morgan fingerprint density at radius 1 is 1.33 bits per heavy atom. The highest BCUT2D eigenvalue weighted by Crippen LogP contribution is 2.05. The van der Waals surface area contributed by atoms with Crippen molar-refractivity contribution in [2.75, 3.05) is 33.0 Å². The third-order valence-electron chi connectivity index (χ3n) is 2.31. The van der Waals surface area contributed by atoms with Crippen LogP contribution in [0.25, 0.3) is 0 Å². The Labute approximate surface area is 144 Å². The van der Waals surface area contributed by atoms with Crippen molar-refractivity contribution in [2.24, 2.45) is 0 Å². The van der Waals surface area contributed by atoms with Gasteiger partial charge in [-0.3, -0.25) is 9.35 Å². The maximum absolute atomic E-state index is 10.8. The van der Waals surface area contributed by atoms with E-state index in [1.54, 1.807) is 6.92 Å². The molecule has 0 unspecified atom stereocenters. The van der Waals surface area contributed by atoms with Crippen LogP contribution in [-0.4, -0.2) is 68.3 Å². The smallest absolute Gasteiger partial charge is 0.333 e. The number of carbonyl (C=O) groups excluding carboxylic acids is 2. The van der Waals surface area contributed by atoms with Gasteiger partial charge < -0.3 is 15.0 Å². The first-order chi connectivity index (χ1) is 10.7. The fourth-order valence-corrected chi connectivity index (χ4v) is 2.30. The monoisotopic (exact) mass is 364 g/mol. The molecule has 0 aliphatic heterocycles. The number of amides is 1. The van der Waals surface area contributed by atoms with Crippen LogP contribution < -0.4 is 5.32 Å². The predicted octanol–water partition coefficient (Wildman–Crippen LogP) is 0.622. The average molecular weight is 364 g/mol. The summed E-state index contributed by atoms with van der Waals surface area (Å²) in [6, 6.07) is 0. The molecule has 0 saturated heterocycles. The lowest BCUT2D eigenvalue weighted by Gasteiger charge is -2.23. The van der Waals surface area contributed by atoms with Crippen LogP contribution in [0.4, 0.5) is 0 Å². The van der Waals surface area contributed by atoms with E-state index >= 15 is 0 Å². The Balaban J connectivity index is 0. The van der Waals surface area contributed by atoms with E-state index in [2.05, 4.69) is 18.5 Å². The number of esters is 1. The molecule has 1 amide bonds. The summed E-state index contributed by atoms with van der Waals surface area (Å²) < 4.78 is 34.4. The molecule has 24 heavy (non-hydrogen) atoms. The molecular formula is C15H28N2O6S. The fourth-order valence-electron chi connectivity index (χ4n) is 1.32. The van der Waals surface area contributed by atoms with Gasteiger partial charge in [0.25, 0.3) is 10.1 Å². The fraction of sp³-hybridized carbons (Fsp3) is 0.600. The van der Waals surface area contributed by atoms with E-state index in [4.69, 9.17) is 9.29 Å². The molecule has 0 bridgehead atoms. The van der Waals surface area contributed by atoms with Gasteiger partial charge in [0.1, 0.15) is 6.61 Å². The molecule has 0 aromatic rings. The molecule has 0 aromatic heterocycles. The summed E-state index contributed by atoms with van der Waals surface area (Å²) in [6.07, 6.45) is 1.03. The van der Waals surface area contributed by atoms with Gasteiger partial charge in [-0.25, -0.2) is 4.79 Å². The lowest BCUT2D eigenvalue weighted by molar-refractivity contribution is -0.139. The molecule has 140 valence electrons. The minimum atomic E-state index is -4.08. The lowest BCUT2D eigenvalue weighted by Crippen LogP contribution is -2.47. The Hall–Kier alpha value is -1.71. The van der Waals surface area contributed by atoms with Gasteiger partial charge in [-0.05, 0) is 40.9 Å². The van der Waals surface area contributed by atoms with Crippen LogP contribution in [0.15, 0.2) is 24.8 Å². The van der Waals surface area contributed by atoms with Crippen LogP contribution in [0.2, 0.25) is 0 Å². The molecular weight excluding hydrogens is 336 g/mol. The highest BCUT2D eigenvalue weighted by atomic mass is 32.2. The zero-order valence-corrected chi connectivity index (χ0v) is 15.8. The normalized spacial score (nSPS) is 11.1. The number of ether oxygens (including phenoxy) is 1. The molecule has 0 spiro atoms. The van der Waals surface area contributed by atoms with Gasteiger partial charge in [0, 0.05) is 12.1 Å². The number of rotatable bonds is 8. The van der Waals surface area contributed by atoms with Crippen molar-refractivity contribution in [3.8, 4) is 0 Å². The van der Waals surface area contributed by atoms with Gasteiger partial charge in [0.05, 0.1) is 11.3 Å². The van der Waals surface area contributed by atoms with Crippen molar-refractivity contribution in [1.82, 2.24) is 10.2 Å². The number of likely N-dealkylation sites (N-methyl/N-ethyl adjacent to an activating group) is 1. The van der Waals surface area contributed by atoms with Crippen LogP contribution in [0, 0.1) is 0 Å². The number of hydrogen-bond donors (Lipinski definition) is 2. The SMILES string of the molecule is C=C(C)C(=O)OCCN(C)C.C=CC(=O)NC(C)(C)CS(=O)(=O)O. The summed E-state index contributed by atoms with van der Waals surface area (Å²) >= 11 is 0. The Morgan fingerprint density at radius 3 is 2.17 bits per heavy atom. The van der Waals surface area contributed by atoms with E-state index in [9.17, 15) is 18.0 Å². The van der Waals surface area contributed by atoms with Crippen molar-refractivity contribution in [3.05, 3.63) is 24.8 Å². The van der Waals surface area contributed by atoms with E-state index in [1.807, 2.05) is 19.0 Å². The quantitative estimate of drug-likeness (QED) is 0.369. The van der Waals surface area contributed by atoms with Gasteiger partial charge in [-0.1, -0.05) is 13.2 Å². The molecule has 0 aromatic carbocycles. The summed E-state index contributed by atoms with van der Waals surface area (Å²) in [7, 11) is -0.234. The molecule has 0 saturated carbocycles. The average Bonchev–Trinajstić information content (AvgIpc) is 2.34. The van der Waals surface area contributed by atoms with Gasteiger partial charge >= 0.3 is 5.97 Å². The minimum Gasteiger partial charge on any atom is -0.461 e. The van der Waals surface area contributed by atoms with E-state index in [1.165, 1.54) is 13.8 Å². The molecule has 0 heterocycles. The summed E-state index contributed by atoms with van der Waals surface area (Å²) in [4.78, 5) is 23.5. The predicted molar refractivity (Wildman–Crippen MR) is 93.2 cm³/mol. The summed E-state index contributed by atoms with van der Waals surface area (Å²) in [5, 5.41) is 2.37. The summed E-state index contributed by atoms with van der Waals surface area (Å²) in [6.45, 7) is 12.5. The third-order valence-corrected chi connectivity index (χ3v) is 3.40. The first kappa shape index (κ1) is 24.5. The highest BCUT2D eigenvalue weighted by molar-refractivity contribution is 7.85. The first-order valence-corrected chi connectivity index (χ1v) is 8.68. The van der Waals surface area contributed by atoms with Crippen molar-refractivity contribution in [2.45, 2.75) is 26.3 Å². The molecule has 0 radical (unpaired) electrons. The van der Waals surface area contributed by atoms with Crippen LogP contribution in [0.5, 0.6) is 0 Å². The molecule has 0 rings (SSSR count). The molecule has 0 fully saturated rings. The van der Waals surface area contributed by atoms with Crippen molar-refractivity contribution >= 4 is 22.0 Å². The van der Waals surface area contributed by atoms with E-state index < -0.39 is 27.3 Å². The van der Waals surface area contributed by atoms with Crippen molar-refractivity contribution in [1.29, 1.82) is 0 Å². The summed E-state index contributed by atoms with van der Waals surface area (Å²) in [5.74, 6) is -1.32.